The summed E-state index contributed by atoms with van der Waals surface area (Å²) in [5.41, 5.74) is 3.37. The Balaban J connectivity index is 0.000000606. The molecule has 0 aromatic heterocycles. The van der Waals surface area contributed by atoms with E-state index in [1.807, 2.05) is 19.9 Å². The maximum absolute atomic E-state index is 11.5. The maximum Gasteiger partial charge on any atom is 0.251 e. The molecular weight excluding hydrogens is 198 g/mol. The molecule has 0 saturated carbocycles. The van der Waals surface area contributed by atoms with Crippen LogP contribution in [0.3, 0.4) is 0 Å². The van der Waals surface area contributed by atoms with E-state index in [2.05, 4.69) is 31.3 Å². The van der Waals surface area contributed by atoms with Gasteiger partial charge >= 0.3 is 0 Å². The van der Waals surface area contributed by atoms with Gasteiger partial charge in [0.2, 0.25) is 0 Å². The van der Waals surface area contributed by atoms with Gasteiger partial charge in [0.25, 0.3) is 5.91 Å². The van der Waals surface area contributed by atoms with Gasteiger partial charge in [-0.2, -0.15) is 0 Å². The molecule has 0 fully saturated rings. The lowest BCUT2D eigenvalue weighted by Crippen LogP contribution is -2.30. The lowest BCUT2D eigenvalue weighted by molar-refractivity contribution is -0.117. The zero-order valence-corrected chi connectivity index (χ0v) is 10.6. The number of rotatable bonds is 0. The first-order valence-electron chi connectivity index (χ1n) is 6.06. The van der Waals surface area contributed by atoms with E-state index in [0.717, 1.165) is 18.5 Å². The minimum Gasteiger partial charge on any atom is -0.352 e. The zero-order valence-electron chi connectivity index (χ0n) is 10.6. The normalized spacial score (nSPS) is 23.6. The Morgan fingerprint density at radius 3 is 2.75 bits per heavy atom. The third-order valence-corrected chi connectivity index (χ3v) is 2.94. The minimum atomic E-state index is 0.0700. The van der Waals surface area contributed by atoms with Gasteiger partial charge in [-0.05, 0) is 24.8 Å². The number of hydrogen-bond acceptors (Lipinski definition) is 1. The molecule has 88 valence electrons. The summed E-state index contributed by atoms with van der Waals surface area (Å²) in [6, 6.07) is 0. The fourth-order valence-electron chi connectivity index (χ4n) is 1.82. The first-order chi connectivity index (χ1) is 7.68. The van der Waals surface area contributed by atoms with Crippen molar-refractivity contribution in [2.75, 3.05) is 6.54 Å². The predicted molar refractivity (Wildman–Crippen MR) is 68.1 cm³/mol. The van der Waals surface area contributed by atoms with Crippen LogP contribution < -0.4 is 5.32 Å². The van der Waals surface area contributed by atoms with Gasteiger partial charge in [-0.3, -0.25) is 4.79 Å². The third-order valence-electron chi connectivity index (χ3n) is 2.94. The first-order valence-corrected chi connectivity index (χ1v) is 6.06. The molecule has 1 atom stereocenters. The van der Waals surface area contributed by atoms with Crippen LogP contribution in [0.5, 0.6) is 0 Å². The van der Waals surface area contributed by atoms with Gasteiger partial charge in [-0.15, -0.1) is 0 Å². The van der Waals surface area contributed by atoms with Crippen molar-refractivity contribution >= 4 is 5.91 Å². The van der Waals surface area contributed by atoms with Crippen molar-refractivity contribution in [2.45, 2.75) is 34.1 Å². The Hall–Kier alpha value is -1.31. The fourth-order valence-corrected chi connectivity index (χ4v) is 1.82. The average molecular weight is 219 g/mol. The molecule has 1 aliphatic carbocycles. The van der Waals surface area contributed by atoms with Crippen LogP contribution in [0.4, 0.5) is 0 Å². The van der Waals surface area contributed by atoms with Crippen LogP contribution in [-0.2, 0) is 4.79 Å². The Morgan fingerprint density at radius 1 is 1.38 bits per heavy atom. The Morgan fingerprint density at radius 2 is 2.06 bits per heavy atom. The van der Waals surface area contributed by atoms with Crippen LogP contribution in [0.1, 0.15) is 34.1 Å². The largest absolute Gasteiger partial charge is 0.352 e. The quantitative estimate of drug-likeness (QED) is 0.666. The summed E-state index contributed by atoms with van der Waals surface area (Å²) in [7, 11) is 0. The monoisotopic (exact) mass is 219 g/mol. The summed E-state index contributed by atoms with van der Waals surface area (Å²) in [5.74, 6) is 0.508. The lowest BCUT2D eigenvalue weighted by atomic mass is 9.99. The molecule has 2 aliphatic rings. The van der Waals surface area contributed by atoms with Crippen molar-refractivity contribution < 1.29 is 4.79 Å². The number of nitrogens with one attached hydrogen (secondary N) is 1. The van der Waals surface area contributed by atoms with E-state index < -0.39 is 0 Å². The van der Waals surface area contributed by atoms with E-state index in [4.69, 9.17) is 0 Å². The third kappa shape index (κ3) is 2.63. The molecule has 2 nitrogen and oxygen atoms in total. The van der Waals surface area contributed by atoms with Gasteiger partial charge in [-0.1, -0.05) is 44.6 Å². The second-order valence-corrected chi connectivity index (χ2v) is 3.98. The molecule has 0 radical (unpaired) electrons. The molecule has 16 heavy (non-hydrogen) atoms. The highest BCUT2D eigenvalue weighted by Crippen LogP contribution is 2.25. The van der Waals surface area contributed by atoms with Crippen molar-refractivity contribution in [3.05, 3.63) is 34.9 Å². The van der Waals surface area contributed by atoms with Crippen LogP contribution in [0.25, 0.3) is 0 Å². The van der Waals surface area contributed by atoms with Crippen molar-refractivity contribution in [3.63, 3.8) is 0 Å². The van der Waals surface area contributed by atoms with Crippen LogP contribution in [0.15, 0.2) is 34.9 Å². The summed E-state index contributed by atoms with van der Waals surface area (Å²) in [6.45, 7) is 9.04. The highest BCUT2D eigenvalue weighted by molar-refractivity contribution is 5.98. The van der Waals surface area contributed by atoms with E-state index >= 15 is 0 Å². The Labute approximate surface area is 98.1 Å². The summed E-state index contributed by atoms with van der Waals surface area (Å²) in [5, 5.41) is 2.86. The van der Waals surface area contributed by atoms with Gasteiger partial charge < -0.3 is 5.32 Å². The first kappa shape index (κ1) is 12.8. The molecular formula is C14H21NO. The van der Waals surface area contributed by atoms with Gasteiger partial charge in [0.05, 0.1) is 0 Å². The number of hydrogen-bond donors (Lipinski definition) is 1. The van der Waals surface area contributed by atoms with E-state index in [1.54, 1.807) is 0 Å². The molecule has 1 N–H and O–H groups in total. The molecule has 1 amide bonds. The minimum absolute atomic E-state index is 0.0700. The predicted octanol–water partition coefficient (Wildman–Crippen LogP) is 2.98. The number of carbonyl (C=O) groups is 1. The SMILES string of the molecule is CC.CC1=CC2=C(C=CC1C)C(=O)NCC2. The lowest BCUT2D eigenvalue weighted by Gasteiger charge is -2.15. The van der Waals surface area contributed by atoms with Crippen LogP contribution in [0, 0.1) is 5.92 Å². The van der Waals surface area contributed by atoms with Gasteiger partial charge in [0, 0.05) is 12.1 Å². The smallest absolute Gasteiger partial charge is 0.251 e. The van der Waals surface area contributed by atoms with Gasteiger partial charge in [-0.25, -0.2) is 0 Å². The van der Waals surface area contributed by atoms with Crippen molar-refractivity contribution in [2.24, 2.45) is 5.92 Å². The molecule has 0 spiro atoms. The molecule has 0 aromatic rings. The van der Waals surface area contributed by atoms with E-state index in [-0.39, 0.29) is 5.91 Å². The molecule has 0 bridgehead atoms. The molecule has 0 saturated heterocycles. The molecule has 1 heterocycles. The average Bonchev–Trinajstić information content (AvgIpc) is 2.43. The fraction of sp³-hybridized carbons (Fsp3) is 0.500. The maximum atomic E-state index is 11.5. The van der Waals surface area contributed by atoms with Crippen LogP contribution in [-0.4, -0.2) is 12.5 Å². The van der Waals surface area contributed by atoms with E-state index in [1.165, 1.54) is 11.1 Å². The highest BCUT2D eigenvalue weighted by Gasteiger charge is 2.19. The van der Waals surface area contributed by atoms with Crippen molar-refractivity contribution in [1.82, 2.24) is 5.32 Å². The molecule has 0 aromatic carbocycles. The standard InChI is InChI=1S/C12H15NO.C2H6/c1-8-3-4-11-10(7-9(8)2)5-6-13-12(11)14;1-2/h3-4,7-8H,5-6H2,1-2H3,(H,13,14);1-2H3. The number of amides is 1. The highest BCUT2D eigenvalue weighted by atomic mass is 16.1. The topological polar surface area (TPSA) is 29.1 Å². The summed E-state index contributed by atoms with van der Waals surface area (Å²) in [4.78, 5) is 11.5. The van der Waals surface area contributed by atoms with Crippen molar-refractivity contribution in [3.8, 4) is 0 Å². The number of carbonyl (C=O) groups excluding carboxylic acids is 1. The molecule has 2 heteroatoms. The Kier molecular flexibility index (Phi) is 4.53. The molecule has 1 aliphatic heterocycles. The second-order valence-electron chi connectivity index (χ2n) is 3.98. The van der Waals surface area contributed by atoms with Gasteiger partial charge in [0.1, 0.15) is 0 Å². The second kappa shape index (κ2) is 5.69. The summed E-state index contributed by atoms with van der Waals surface area (Å²) in [6.07, 6.45) is 7.18. The Bertz CT molecular complexity index is 361. The number of allylic oxidation sites excluding steroid dienone is 3. The van der Waals surface area contributed by atoms with E-state index in [0.29, 0.717) is 5.92 Å². The molecule has 1 unspecified atom stereocenters. The molecule has 2 rings (SSSR count). The van der Waals surface area contributed by atoms with Crippen LogP contribution >= 0.6 is 0 Å². The summed E-state index contributed by atoms with van der Waals surface area (Å²) >= 11 is 0. The van der Waals surface area contributed by atoms with Crippen molar-refractivity contribution in [1.29, 1.82) is 0 Å². The van der Waals surface area contributed by atoms with Crippen LogP contribution in [0.2, 0.25) is 0 Å². The van der Waals surface area contributed by atoms with E-state index in [9.17, 15) is 4.79 Å². The van der Waals surface area contributed by atoms with Gasteiger partial charge in [0.15, 0.2) is 0 Å². The zero-order chi connectivity index (χ0) is 12.1. The summed E-state index contributed by atoms with van der Waals surface area (Å²) < 4.78 is 0.